The van der Waals surface area contributed by atoms with Crippen LogP contribution >= 0.6 is 0 Å². The van der Waals surface area contributed by atoms with Crippen LogP contribution in [-0.2, 0) is 11.3 Å². The van der Waals surface area contributed by atoms with Crippen molar-refractivity contribution in [3.05, 3.63) is 65.5 Å². The number of esters is 1. The van der Waals surface area contributed by atoms with E-state index in [-0.39, 0.29) is 17.2 Å². The van der Waals surface area contributed by atoms with E-state index in [4.69, 9.17) is 15.5 Å². The second kappa shape index (κ2) is 9.77. The Morgan fingerprint density at radius 1 is 1.00 bits per heavy atom. The molecule has 6 nitrogen and oxygen atoms in total. The Kier molecular flexibility index (Phi) is 6.63. The molecule has 0 bridgehead atoms. The van der Waals surface area contributed by atoms with Gasteiger partial charge >= 0.3 is 5.97 Å². The molecule has 0 aliphatic heterocycles. The van der Waals surface area contributed by atoms with Crippen molar-refractivity contribution in [1.29, 1.82) is 0 Å². The van der Waals surface area contributed by atoms with Gasteiger partial charge in [0, 0.05) is 0 Å². The van der Waals surface area contributed by atoms with Crippen molar-refractivity contribution in [2.24, 2.45) is 0 Å². The van der Waals surface area contributed by atoms with Crippen LogP contribution in [0, 0.1) is 5.82 Å². The van der Waals surface area contributed by atoms with Crippen molar-refractivity contribution in [3.63, 3.8) is 0 Å². The number of halogens is 1. The molecule has 0 unspecified atom stereocenters. The first-order valence-corrected chi connectivity index (χ1v) is 11.0. The first kappa shape index (κ1) is 21.7. The molecule has 2 heterocycles. The number of nitrogens with two attached hydrogens (primary N) is 1. The number of nitrogens with zero attached hydrogens (tertiary/aromatic N) is 3. The second-order valence-corrected chi connectivity index (χ2v) is 7.91. The van der Waals surface area contributed by atoms with Crippen molar-refractivity contribution < 1.29 is 13.9 Å². The summed E-state index contributed by atoms with van der Waals surface area (Å²) in [4.78, 5) is 22.4. The quantitative estimate of drug-likeness (QED) is 0.279. The molecule has 32 heavy (non-hydrogen) atoms. The Bertz CT molecular complexity index is 1230. The first-order valence-electron chi connectivity index (χ1n) is 11.0. The van der Waals surface area contributed by atoms with Crippen LogP contribution in [-0.4, -0.2) is 27.1 Å². The van der Waals surface area contributed by atoms with E-state index in [1.165, 1.54) is 18.6 Å². The lowest BCUT2D eigenvalue weighted by Crippen LogP contribution is -2.11. The third-order valence-corrected chi connectivity index (χ3v) is 5.53. The SMILES string of the molecule is CCCCCCCOC(=O)c1c(N)n(Cc2ccc(F)cc2)c2nc3ccccc3nc12. The molecule has 2 aromatic carbocycles. The van der Waals surface area contributed by atoms with Gasteiger partial charge in [0.25, 0.3) is 0 Å². The van der Waals surface area contributed by atoms with E-state index in [2.05, 4.69) is 11.9 Å². The minimum absolute atomic E-state index is 0.230. The molecular weight excluding hydrogens is 407 g/mol. The van der Waals surface area contributed by atoms with Crippen LogP contribution in [0.2, 0.25) is 0 Å². The average molecular weight is 435 g/mol. The summed E-state index contributed by atoms with van der Waals surface area (Å²) in [5.74, 6) is -0.561. The summed E-state index contributed by atoms with van der Waals surface area (Å²) in [6.07, 6.45) is 5.31. The first-order chi connectivity index (χ1) is 15.6. The monoisotopic (exact) mass is 434 g/mol. The summed E-state index contributed by atoms with van der Waals surface area (Å²) in [6, 6.07) is 13.6. The number of fused-ring (bicyclic) bond motifs is 2. The number of para-hydroxylation sites is 2. The topological polar surface area (TPSA) is 83.0 Å². The molecular formula is C25H27FN4O2. The van der Waals surface area contributed by atoms with Crippen molar-refractivity contribution in [1.82, 2.24) is 14.5 Å². The van der Waals surface area contributed by atoms with E-state index in [1.54, 1.807) is 16.7 Å². The molecule has 4 rings (SSSR count). The fraction of sp³-hybridized carbons (Fsp3) is 0.320. The van der Waals surface area contributed by atoms with Crippen molar-refractivity contribution in [2.45, 2.75) is 45.6 Å². The van der Waals surface area contributed by atoms with E-state index in [0.29, 0.717) is 35.3 Å². The Morgan fingerprint density at radius 3 is 2.41 bits per heavy atom. The number of carbonyl (C=O) groups is 1. The number of aromatic nitrogens is 3. The number of unbranched alkanes of at least 4 members (excludes halogenated alkanes) is 4. The number of hydrogen-bond acceptors (Lipinski definition) is 5. The maximum absolute atomic E-state index is 13.3. The van der Waals surface area contributed by atoms with Gasteiger partial charge in [-0.15, -0.1) is 0 Å². The van der Waals surface area contributed by atoms with E-state index in [1.807, 2.05) is 24.3 Å². The van der Waals surface area contributed by atoms with Crippen molar-refractivity contribution >= 4 is 34.0 Å². The number of carbonyl (C=O) groups excluding carboxylic acids is 1. The molecule has 0 saturated heterocycles. The van der Waals surface area contributed by atoms with E-state index in [0.717, 1.165) is 31.2 Å². The molecule has 7 heteroatoms. The largest absolute Gasteiger partial charge is 0.462 e. The highest BCUT2D eigenvalue weighted by atomic mass is 19.1. The van der Waals surface area contributed by atoms with Crippen LogP contribution in [0.3, 0.4) is 0 Å². The van der Waals surface area contributed by atoms with Crippen LogP contribution < -0.4 is 5.73 Å². The number of rotatable bonds is 9. The molecule has 0 spiro atoms. The number of hydrogen-bond donors (Lipinski definition) is 1. The van der Waals surface area contributed by atoms with E-state index in [9.17, 15) is 9.18 Å². The molecule has 2 N–H and O–H groups in total. The second-order valence-electron chi connectivity index (χ2n) is 7.91. The summed E-state index contributed by atoms with van der Waals surface area (Å²) >= 11 is 0. The van der Waals surface area contributed by atoms with E-state index >= 15 is 0 Å². The maximum Gasteiger partial charge on any atom is 0.344 e. The summed E-state index contributed by atoms with van der Waals surface area (Å²) in [5, 5.41) is 0. The van der Waals surface area contributed by atoms with Crippen LogP contribution in [0.5, 0.6) is 0 Å². The molecule has 0 atom stereocenters. The Morgan fingerprint density at radius 2 is 1.69 bits per heavy atom. The minimum atomic E-state index is -0.495. The molecule has 0 amide bonds. The molecule has 0 radical (unpaired) electrons. The summed E-state index contributed by atoms with van der Waals surface area (Å²) < 4.78 is 20.6. The molecule has 2 aromatic heterocycles. The maximum atomic E-state index is 13.3. The molecule has 0 aliphatic carbocycles. The van der Waals surface area contributed by atoms with E-state index < -0.39 is 5.97 Å². The number of benzene rings is 2. The highest BCUT2D eigenvalue weighted by Gasteiger charge is 2.25. The van der Waals surface area contributed by atoms with Gasteiger partial charge < -0.3 is 15.0 Å². The fourth-order valence-electron chi connectivity index (χ4n) is 3.79. The highest BCUT2D eigenvalue weighted by Crippen LogP contribution is 2.29. The lowest BCUT2D eigenvalue weighted by molar-refractivity contribution is 0.0501. The Balaban J connectivity index is 1.69. The van der Waals surface area contributed by atoms with Crippen LogP contribution in [0.25, 0.3) is 22.2 Å². The van der Waals surface area contributed by atoms with Crippen LogP contribution in [0.15, 0.2) is 48.5 Å². The predicted octanol–water partition coefficient (Wildman–Crippen LogP) is 5.48. The minimum Gasteiger partial charge on any atom is -0.462 e. The van der Waals surface area contributed by atoms with Crippen LogP contribution in [0.4, 0.5) is 10.2 Å². The van der Waals surface area contributed by atoms with Crippen LogP contribution in [0.1, 0.15) is 54.9 Å². The highest BCUT2D eigenvalue weighted by molar-refractivity contribution is 6.08. The molecule has 166 valence electrons. The van der Waals surface area contributed by atoms with Gasteiger partial charge in [-0.3, -0.25) is 0 Å². The predicted molar refractivity (Wildman–Crippen MR) is 124 cm³/mol. The zero-order valence-electron chi connectivity index (χ0n) is 18.2. The Hall–Kier alpha value is -3.48. The summed E-state index contributed by atoms with van der Waals surface area (Å²) in [6.45, 7) is 2.84. The lowest BCUT2D eigenvalue weighted by atomic mass is 10.2. The molecule has 0 fully saturated rings. The molecule has 0 saturated carbocycles. The van der Waals surface area contributed by atoms with Gasteiger partial charge in [-0.05, 0) is 36.2 Å². The van der Waals surface area contributed by atoms with Crippen molar-refractivity contribution in [2.75, 3.05) is 12.3 Å². The third-order valence-electron chi connectivity index (χ3n) is 5.53. The number of anilines is 1. The zero-order valence-corrected chi connectivity index (χ0v) is 18.2. The van der Waals surface area contributed by atoms with Gasteiger partial charge in [0.15, 0.2) is 5.65 Å². The normalized spacial score (nSPS) is 11.3. The third kappa shape index (κ3) is 4.56. The van der Waals surface area contributed by atoms with Gasteiger partial charge in [-0.1, -0.05) is 56.9 Å². The lowest BCUT2D eigenvalue weighted by Gasteiger charge is -2.08. The summed E-state index contributed by atoms with van der Waals surface area (Å²) in [7, 11) is 0. The average Bonchev–Trinajstić information content (AvgIpc) is 3.06. The van der Waals surface area contributed by atoms with Gasteiger partial charge in [0.1, 0.15) is 22.7 Å². The van der Waals surface area contributed by atoms with Gasteiger partial charge in [0.2, 0.25) is 0 Å². The summed E-state index contributed by atoms with van der Waals surface area (Å²) in [5.41, 5.74) is 9.79. The number of ether oxygens (including phenoxy) is 1. The molecule has 4 aromatic rings. The Labute approximate surface area is 186 Å². The fourth-order valence-corrected chi connectivity index (χ4v) is 3.79. The van der Waals surface area contributed by atoms with Gasteiger partial charge in [-0.2, -0.15) is 0 Å². The standard InChI is InChI=1S/C25H27FN4O2/c1-2-3-4-5-8-15-32-25(31)21-22-24(29-20-10-7-6-9-19(20)28-22)30(23(21)27)16-17-11-13-18(26)14-12-17/h6-7,9-14H,2-5,8,15-16,27H2,1H3. The van der Waals surface area contributed by atoms with Gasteiger partial charge in [0.05, 0.1) is 24.2 Å². The van der Waals surface area contributed by atoms with Gasteiger partial charge in [-0.25, -0.2) is 19.2 Å². The smallest absolute Gasteiger partial charge is 0.344 e. The molecule has 0 aliphatic rings. The number of nitrogen functional groups attached to an aromatic ring is 1. The van der Waals surface area contributed by atoms with Crippen molar-refractivity contribution in [3.8, 4) is 0 Å². The zero-order chi connectivity index (χ0) is 22.5.